The Morgan fingerprint density at radius 3 is 2.48 bits per heavy atom. The molecule has 2 saturated carbocycles. The molecule has 0 radical (unpaired) electrons. The van der Waals surface area contributed by atoms with Gasteiger partial charge in [-0.25, -0.2) is 0 Å². The molecule has 3 rings (SSSR count). The first-order valence-electron chi connectivity index (χ1n) is 7.51. The average molecular weight is 308 g/mol. The fraction of sp³-hybridized carbons (Fsp3) is 0.562. The molecule has 114 valence electrons. The van der Waals surface area contributed by atoms with Gasteiger partial charge in [0, 0.05) is 11.8 Å². The van der Waals surface area contributed by atoms with E-state index in [-0.39, 0.29) is 22.5 Å². The molecule has 0 aliphatic heterocycles. The third kappa shape index (κ3) is 2.90. The van der Waals surface area contributed by atoms with E-state index >= 15 is 0 Å². The predicted molar refractivity (Wildman–Crippen MR) is 78.3 cm³/mol. The van der Waals surface area contributed by atoms with Crippen LogP contribution >= 0.6 is 0 Å². The van der Waals surface area contributed by atoms with Gasteiger partial charge in [0.05, 0.1) is 11.0 Å². The number of hydrogen-bond acceptors (Lipinski definition) is 4. The molecule has 1 aromatic carbocycles. The molecule has 4 nitrogen and oxygen atoms in total. The van der Waals surface area contributed by atoms with Crippen LogP contribution in [0.2, 0.25) is 0 Å². The van der Waals surface area contributed by atoms with Crippen molar-refractivity contribution in [2.45, 2.75) is 50.0 Å². The summed E-state index contributed by atoms with van der Waals surface area (Å²) in [5.74, 6) is 0.0972. The quantitative estimate of drug-likeness (QED) is 0.806. The van der Waals surface area contributed by atoms with Crippen molar-refractivity contribution < 1.29 is 17.4 Å². The highest BCUT2D eigenvalue weighted by Gasteiger charge is 2.43. The molecule has 2 aliphatic rings. The van der Waals surface area contributed by atoms with E-state index < -0.39 is 16.2 Å². The third-order valence-corrected chi connectivity index (χ3v) is 5.99. The summed E-state index contributed by atoms with van der Waals surface area (Å²) in [5.41, 5.74) is 0.997. The summed E-state index contributed by atoms with van der Waals surface area (Å²) in [4.78, 5) is 12.4. The summed E-state index contributed by atoms with van der Waals surface area (Å²) in [6.45, 7) is 1.90. The van der Waals surface area contributed by atoms with Gasteiger partial charge in [0.25, 0.3) is 10.1 Å². The number of carbonyl (C=O) groups is 1. The topological polar surface area (TPSA) is 60.4 Å². The van der Waals surface area contributed by atoms with Crippen LogP contribution in [0.5, 0.6) is 0 Å². The second-order valence-electron chi connectivity index (χ2n) is 6.12. The molecule has 2 aliphatic carbocycles. The van der Waals surface area contributed by atoms with E-state index in [0.29, 0.717) is 6.42 Å². The van der Waals surface area contributed by atoms with Crippen molar-refractivity contribution in [3.8, 4) is 0 Å². The monoisotopic (exact) mass is 308 g/mol. The zero-order valence-electron chi connectivity index (χ0n) is 12.1. The Balaban J connectivity index is 1.79. The molecular weight excluding hydrogens is 288 g/mol. The molecule has 0 heterocycles. The molecule has 0 spiro atoms. The number of hydrogen-bond donors (Lipinski definition) is 0. The van der Waals surface area contributed by atoms with Gasteiger partial charge < -0.3 is 0 Å². The molecule has 0 aromatic heterocycles. The Morgan fingerprint density at radius 1 is 1.05 bits per heavy atom. The Kier molecular flexibility index (Phi) is 3.88. The minimum absolute atomic E-state index is 0.130. The summed E-state index contributed by atoms with van der Waals surface area (Å²) in [5, 5.41) is 0. The van der Waals surface area contributed by atoms with Gasteiger partial charge in [-0.15, -0.1) is 0 Å². The van der Waals surface area contributed by atoms with Crippen LogP contribution in [0.3, 0.4) is 0 Å². The van der Waals surface area contributed by atoms with Crippen molar-refractivity contribution in [2.75, 3.05) is 0 Å². The maximum atomic E-state index is 12.3. The normalized spacial score (nSPS) is 29.4. The van der Waals surface area contributed by atoms with Crippen LogP contribution in [0, 0.1) is 18.8 Å². The molecular formula is C16H20O4S. The molecule has 3 atom stereocenters. The van der Waals surface area contributed by atoms with E-state index in [9.17, 15) is 13.2 Å². The van der Waals surface area contributed by atoms with Gasteiger partial charge in [0.1, 0.15) is 5.78 Å². The van der Waals surface area contributed by atoms with Gasteiger partial charge in [-0.1, -0.05) is 24.1 Å². The number of aryl methyl sites for hydroxylation is 1. The van der Waals surface area contributed by atoms with Crippen molar-refractivity contribution in [1.29, 1.82) is 0 Å². The second-order valence-corrected chi connectivity index (χ2v) is 7.69. The molecule has 0 saturated heterocycles. The van der Waals surface area contributed by atoms with Gasteiger partial charge in [0.15, 0.2) is 0 Å². The van der Waals surface area contributed by atoms with Crippen molar-refractivity contribution in [1.82, 2.24) is 0 Å². The van der Waals surface area contributed by atoms with Crippen molar-refractivity contribution >= 4 is 15.9 Å². The fourth-order valence-electron chi connectivity index (χ4n) is 3.43. The molecule has 5 heteroatoms. The van der Waals surface area contributed by atoms with Crippen LogP contribution in [0.1, 0.15) is 37.7 Å². The zero-order chi connectivity index (χ0) is 15.0. The number of rotatable bonds is 3. The lowest BCUT2D eigenvalue weighted by Gasteiger charge is -2.37. The van der Waals surface area contributed by atoms with Crippen molar-refractivity contribution in [2.24, 2.45) is 11.8 Å². The van der Waals surface area contributed by atoms with Crippen LogP contribution in [0.4, 0.5) is 0 Å². The smallest absolute Gasteiger partial charge is 0.297 e. The summed E-state index contributed by atoms with van der Waals surface area (Å²) in [6.07, 6.45) is 3.62. The fourth-order valence-corrected chi connectivity index (χ4v) is 4.57. The lowest BCUT2D eigenvalue weighted by molar-refractivity contribution is -0.136. The lowest BCUT2D eigenvalue weighted by atomic mass is 9.70. The SMILES string of the molecule is Cc1ccc(S(=O)(=O)O[C@H]2CC[C@@H]3CCC[C@H]2C3=O)cc1. The molecule has 1 aromatic rings. The van der Waals surface area contributed by atoms with E-state index in [1.54, 1.807) is 24.3 Å². The van der Waals surface area contributed by atoms with Crippen molar-refractivity contribution in [3.63, 3.8) is 0 Å². The highest BCUT2D eigenvalue weighted by molar-refractivity contribution is 7.86. The summed E-state index contributed by atoms with van der Waals surface area (Å²) >= 11 is 0. The Morgan fingerprint density at radius 2 is 1.76 bits per heavy atom. The third-order valence-electron chi connectivity index (χ3n) is 4.64. The van der Waals surface area contributed by atoms with Crippen LogP contribution in [-0.4, -0.2) is 20.3 Å². The van der Waals surface area contributed by atoms with Gasteiger partial charge in [-0.05, 0) is 44.7 Å². The molecule has 2 fully saturated rings. The van der Waals surface area contributed by atoms with Gasteiger partial charge in [-0.3, -0.25) is 8.98 Å². The maximum Gasteiger partial charge on any atom is 0.297 e. The standard InChI is InChI=1S/C16H20O4S/c1-11-5-8-13(9-6-11)21(18,19)20-15-10-7-12-3-2-4-14(15)16(12)17/h5-6,8-9,12,14-15H,2-4,7,10H2,1H3/t12-,14+,15-/m0/s1. The Labute approximate surface area is 125 Å². The highest BCUT2D eigenvalue weighted by atomic mass is 32.2. The predicted octanol–water partition coefficient (Wildman–Crippen LogP) is 2.85. The largest absolute Gasteiger partial charge is 0.299 e. The number of carbonyl (C=O) groups excluding carboxylic acids is 1. The highest BCUT2D eigenvalue weighted by Crippen LogP contribution is 2.39. The first kappa shape index (κ1) is 14.7. The van der Waals surface area contributed by atoms with E-state index in [4.69, 9.17) is 4.18 Å². The molecule has 21 heavy (non-hydrogen) atoms. The van der Waals surface area contributed by atoms with Gasteiger partial charge in [-0.2, -0.15) is 8.42 Å². The van der Waals surface area contributed by atoms with E-state index in [0.717, 1.165) is 31.2 Å². The van der Waals surface area contributed by atoms with Crippen LogP contribution in [0.25, 0.3) is 0 Å². The first-order chi connectivity index (χ1) is 9.97. The molecule has 0 unspecified atom stereocenters. The number of Topliss-reactive ketones (excluding diaryl/α,β-unsaturated/α-hetero) is 1. The molecule has 2 bridgehead atoms. The molecule has 0 amide bonds. The zero-order valence-corrected chi connectivity index (χ0v) is 12.9. The first-order valence-corrected chi connectivity index (χ1v) is 8.92. The maximum absolute atomic E-state index is 12.3. The van der Waals surface area contributed by atoms with Crippen LogP contribution < -0.4 is 0 Å². The number of fused-ring (bicyclic) bond motifs is 2. The Hall–Kier alpha value is -1.20. The number of ketones is 1. The second kappa shape index (κ2) is 5.54. The lowest BCUT2D eigenvalue weighted by Crippen LogP contribution is -2.43. The average Bonchev–Trinajstić information content (AvgIpc) is 2.42. The summed E-state index contributed by atoms with van der Waals surface area (Å²) < 4.78 is 30.1. The van der Waals surface area contributed by atoms with E-state index in [1.807, 2.05) is 6.92 Å². The van der Waals surface area contributed by atoms with Crippen molar-refractivity contribution in [3.05, 3.63) is 29.8 Å². The van der Waals surface area contributed by atoms with Crippen LogP contribution in [0.15, 0.2) is 29.2 Å². The Bertz CT molecular complexity index is 633. The molecule has 0 N–H and O–H groups in total. The van der Waals surface area contributed by atoms with Crippen LogP contribution in [-0.2, 0) is 19.1 Å². The van der Waals surface area contributed by atoms with E-state index in [2.05, 4.69) is 0 Å². The minimum Gasteiger partial charge on any atom is -0.299 e. The van der Waals surface area contributed by atoms with Gasteiger partial charge in [0.2, 0.25) is 0 Å². The summed E-state index contributed by atoms with van der Waals surface area (Å²) in [7, 11) is -3.79. The van der Waals surface area contributed by atoms with Gasteiger partial charge >= 0.3 is 0 Å². The van der Waals surface area contributed by atoms with E-state index in [1.165, 1.54) is 0 Å². The summed E-state index contributed by atoms with van der Waals surface area (Å²) in [6, 6.07) is 6.61. The minimum atomic E-state index is -3.79. The number of benzene rings is 1.